The maximum atomic E-state index is 4.21. The Morgan fingerprint density at radius 2 is 2.29 bits per heavy atom. The van der Waals surface area contributed by atoms with Crippen LogP contribution in [-0.2, 0) is 6.42 Å². The molecule has 0 atom stereocenters. The molecule has 2 aromatic rings. The molecule has 0 aliphatic carbocycles. The number of nitrogens with zero attached hydrogens (tertiary/aromatic N) is 2. The Kier molecular flexibility index (Phi) is 5.48. The fourth-order valence-electron chi connectivity index (χ4n) is 1.38. The summed E-state index contributed by atoms with van der Waals surface area (Å²) in [6.07, 6.45) is 6.35. The minimum atomic E-state index is 0.993. The van der Waals surface area contributed by atoms with Gasteiger partial charge in [0, 0.05) is 29.6 Å². The fourth-order valence-corrected chi connectivity index (χ4v) is 2.81. The second-order valence-electron chi connectivity index (χ2n) is 3.47. The van der Waals surface area contributed by atoms with Crippen molar-refractivity contribution in [1.82, 2.24) is 15.3 Å². The number of hydrogen-bond donors (Lipinski definition) is 1. The van der Waals surface area contributed by atoms with E-state index in [4.69, 9.17) is 0 Å². The maximum absolute atomic E-state index is 4.21. The molecular formula is C12H15N3S2. The quantitative estimate of drug-likeness (QED) is 0.616. The molecule has 0 radical (unpaired) electrons. The van der Waals surface area contributed by atoms with E-state index >= 15 is 0 Å². The molecular weight excluding hydrogens is 250 g/mol. The molecule has 2 rings (SSSR count). The first-order valence-corrected chi connectivity index (χ1v) is 7.43. The Morgan fingerprint density at radius 3 is 3.06 bits per heavy atom. The normalized spacial score (nSPS) is 10.6. The summed E-state index contributed by atoms with van der Waals surface area (Å²) >= 11 is 3.55. The molecule has 1 N–H and O–H groups in total. The van der Waals surface area contributed by atoms with Crippen LogP contribution in [0.25, 0.3) is 0 Å². The molecule has 17 heavy (non-hydrogen) atoms. The van der Waals surface area contributed by atoms with Crippen LogP contribution in [0.1, 0.15) is 4.88 Å². The highest BCUT2D eigenvalue weighted by molar-refractivity contribution is 7.99. The molecule has 0 aliphatic rings. The number of rotatable bonds is 7. The molecule has 0 amide bonds. The third-order valence-electron chi connectivity index (χ3n) is 2.20. The van der Waals surface area contributed by atoms with Crippen molar-refractivity contribution in [3.63, 3.8) is 0 Å². The maximum Gasteiger partial charge on any atom is 0.114 e. The second kappa shape index (κ2) is 7.42. The Hall–Kier alpha value is -0.910. The van der Waals surface area contributed by atoms with Gasteiger partial charge in [-0.05, 0) is 24.4 Å². The Bertz CT molecular complexity index is 403. The number of thiophene rings is 1. The van der Waals surface area contributed by atoms with Crippen LogP contribution in [0.15, 0.2) is 41.1 Å². The molecule has 0 unspecified atom stereocenters. The number of hydrogen-bond acceptors (Lipinski definition) is 5. The molecule has 0 aromatic carbocycles. The van der Waals surface area contributed by atoms with Gasteiger partial charge in [-0.1, -0.05) is 6.07 Å². The molecule has 0 saturated heterocycles. The van der Waals surface area contributed by atoms with Gasteiger partial charge < -0.3 is 5.32 Å². The summed E-state index contributed by atoms with van der Waals surface area (Å²) in [6, 6.07) is 4.28. The fraction of sp³-hybridized carbons (Fsp3) is 0.333. The zero-order chi connectivity index (χ0) is 11.8. The average Bonchev–Trinajstić information content (AvgIpc) is 2.88. The molecule has 0 bridgehead atoms. The van der Waals surface area contributed by atoms with E-state index in [9.17, 15) is 0 Å². The molecule has 0 fully saturated rings. The van der Waals surface area contributed by atoms with Gasteiger partial charge in [0.1, 0.15) is 5.03 Å². The van der Waals surface area contributed by atoms with E-state index in [-0.39, 0.29) is 0 Å². The SMILES string of the molecule is c1csc(CCNCCSc2cnccn2)c1. The molecule has 0 spiro atoms. The van der Waals surface area contributed by atoms with Crippen molar-refractivity contribution in [2.24, 2.45) is 0 Å². The lowest BCUT2D eigenvalue weighted by atomic mass is 10.3. The third kappa shape index (κ3) is 4.85. The van der Waals surface area contributed by atoms with Crippen LogP contribution in [0.3, 0.4) is 0 Å². The monoisotopic (exact) mass is 265 g/mol. The van der Waals surface area contributed by atoms with Crippen molar-refractivity contribution in [2.75, 3.05) is 18.8 Å². The van der Waals surface area contributed by atoms with Crippen LogP contribution in [0.2, 0.25) is 0 Å². The van der Waals surface area contributed by atoms with Gasteiger partial charge in [0.2, 0.25) is 0 Å². The summed E-state index contributed by atoms with van der Waals surface area (Å²) in [4.78, 5) is 9.69. The molecule has 0 saturated carbocycles. The highest BCUT2D eigenvalue weighted by Gasteiger charge is 1.95. The predicted molar refractivity (Wildman–Crippen MR) is 73.6 cm³/mol. The van der Waals surface area contributed by atoms with E-state index in [2.05, 4.69) is 32.8 Å². The van der Waals surface area contributed by atoms with E-state index in [0.29, 0.717) is 0 Å². The largest absolute Gasteiger partial charge is 0.316 e. The van der Waals surface area contributed by atoms with Crippen molar-refractivity contribution in [3.8, 4) is 0 Å². The summed E-state index contributed by atoms with van der Waals surface area (Å²) in [5.74, 6) is 1.03. The summed E-state index contributed by atoms with van der Waals surface area (Å²) in [7, 11) is 0. The first-order valence-electron chi connectivity index (χ1n) is 5.57. The van der Waals surface area contributed by atoms with Crippen LogP contribution in [-0.4, -0.2) is 28.8 Å². The first kappa shape index (κ1) is 12.5. The van der Waals surface area contributed by atoms with Crippen molar-refractivity contribution < 1.29 is 0 Å². The van der Waals surface area contributed by atoms with Gasteiger partial charge in [-0.3, -0.25) is 4.98 Å². The highest BCUT2D eigenvalue weighted by Crippen LogP contribution is 2.11. The van der Waals surface area contributed by atoms with Crippen molar-refractivity contribution in [3.05, 3.63) is 41.0 Å². The van der Waals surface area contributed by atoms with Crippen LogP contribution in [0.5, 0.6) is 0 Å². The molecule has 3 nitrogen and oxygen atoms in total. The van der Waals surface area contributed by atoms with E-state index < -0.39 is 0 Å². The van der Waals surface area contributed by atoms with Gasteiger partial charge >= 0.3 is 0 Å². The predicted octanol–water partition coefficient (Wildman–Crippen LogP) is 2.46. The van der Waals surface area contributed by atoms with Gasteiger partial charge in [-0.15, -0.1) is 23.1 Å². The van der Waals surface area contributed by atoms with E-state index in [1.165, 1.54) is 4.88 Å². The van der Waals surface area contributed by atoms with Crippen LogP contribution in [0.4, 0.5) is 0 Å². The number of aromatic nitrogens is 2. The van der Waals surface area contributed by atoms with E-state index in [0.717, 1.165) is 30.3 Å². The molecule has 2 heterocycles. The van der Waals surface area contributed by atoms with Gasteiger partial charge in [-0.2, -0.15) is 0 Å². The minimum absolute atomic E-state index is 0.993. The summed E-state index contributed by atoms with van der Waals surface area (Å²) in [5.41, 5.74) is 0. The molecule has 5 heteroatoms. The van der Waals surface area contributed by atoms with Gasteiger partial charge in [0.05, 0.1) is 6.20 Å². The zero-order valence-electron chi connectivity index (χ0n) is 9.50. The van der Waals surface area contributed by atoms with Crippen molar-refractivity contribution in [1.29, 1.82) is 0 Å². The summed E-state index contributed by atoms with van der Waals surface area (Å²) < 4.78 is 0. The first-order chi connectivity index (χ1) is 8.45. The molecule has 0 aliphatic heterocycles. The average molecular weight is 265 g/mol. The number of thioether (sulfide) groups is 1. The topological polar surface area (TPSA) is 37.8 Å². The van der Waals surface area contributed by atoms with Gasteiger partial charge in [0.15, 0.2) is 0 Å². The van der Waals surface area contributed by atoms with Crippen LogP contribution < -0.4 is 5.32 Å². The van der Waals surface area contributed by atoms with Crippen molar-refractivity contribution >= 4 is 23.1 Å². The van der Waals surface area contributed by atoms with Crippen LogP contribution >= 0.6 is 23.1 Å². The Labute approximate surface area is 110 Å². The third-order valence-corrected chi connectivity index (χ3v) is 4.05. The van der Waals surface area contributed by atoms with Crippen molar-refractivity contribution in [2.45, 2.75) is 11.4 Å². The second-order valence-corrected chi connectivity index (χ2v) is 5.62. The molecule has 2 aromatic heterocycles. The lowest BCUT2D eigenvalue weighted by Gasteiger charge is -2.03. The smallest absolute Gasteiger partial charge is 0.114 e. The highest BCUT2D eigenvalue weighted by atomic mass is 32.2. The lowest BCUT2D eigenvalue weighted by molar-refractivity contribution is 0.725. The molecule has 90 valence electrons. The van der Waals surface area contributed by atoms with Gasteiger partial charge in [-0.25, -0.2) is 4.98 Å². The Balaban J connectivity index is 1.52. The standard InChI is InChI=1S/C12H15N3S2/c1-2-11(16-8-1)3-4-13-7-9-17-12-10-14-5-6-15-12/h1-2,5-6,8,10,13H,3-4,7,9H2. The zero-order valence-corrected chi connectivity index (χ0v) is 11.1. The minimum Gasteiger partial charge on any atom is -0.316 e. The Morgan fingerprint density at radius 1 is 1.29 bits per heavy atom. The van der Waals surface area contributed by atoms with E-state index in [1.807, 2.05) is 11.3 Å². The van der Waals surface area contributed by atoms with E-state index in [1.54, 1.807) is 30.4 Å². The number of nitrogens with one attached hydrogen (secondary N) is 1. The lowest BCUT2D eigenvalue weighted by Crippen LogP contribution is -2.19. The summed E-state index contributed by atoms with van der Waals surface area (Å²) in [5, 5.41) is 6.55. The van der Waals surface area contributed by atoms with Gasteiger partial charge in [0.25, 0.3) is 0 Å². The summed E-state index contributed by atoms with van der Waals surface area (Å²) in [6.45, 7) is 2.05. The van der Waals surface area contributed by atoms with Crippen LogP contribution in [0, 0.1) is 0 Å².